The Morgan fingerprint density at radius 1 is 0.386 bits per heavy atom. The van der Waals surface area contributed by atoms with Crippen molar-refractivity contribution in [1.82, 2.24) is 15.0 Å². The van der Waals surface area contributed by atoms with Gasteiger partial charge < -0.3 is 0 Å². The molecule has 6 aromatic carbocycles. The van der Waals surface area contributed by atoms with E-state index in [1.54, 1.807) is 0 Å². The second-order valence-corrected chi connectivity index (χ2v) is 10.8. The van der Waals surface area contributed by atoms with Gasteiger partial charge in [-0.1, -0.05) is 97.1 Å². The van der Waals surface area contributed by atoms with Gasteiger partial charge in [-0.2, -0.15) is 5.26 Å². The van der Waals surface area contributed by atoms with Gasteiger partial charge in [0.1, 0.15) is 5.69 Å². The summed E-state index contributed by atoms with van der Waals surface area (Å²) in [5.41, 5.74) is 9.25. The van der Waals surface area contributed by atoms with Crippen LogP contribution in [0.2, 0.25) is 0 Å². The molecule has 0 radical (unpaired) electrons. The Morgan fingerprint density at radius 3 is 1.57 bits per heavy atom. The van der Waals surface area contributed by atoms with E-state index in [0.717, 1.165) is 55.8 Å². The van der Waals surface area contributed by atoms with E-state index in [-0.39, 0.29) is 0 Å². The lowest BCUT2D eigenvalue weighted by Gasteiger charge is -2.14. The van der Waals surface area contributed by atoms with Crippen molar-refractivity contribution in [3.63, 3.8) is 0 Å². The van der Waals surface area contributed by atoms with Gasteiger partial charge in [0.15, 0.2) is 0 Å². The zero-order valence-electron chi connectivity index (χ0n) is 23.6. The highest BCUT2D eigenvalue weighted by Crippen LogP contribution is 2.36. The molecule has 0 fully saturated rings. The summed E-state index contributed by atoms with van der Waals surface area (Å²) in [7, 11) is 0. The number of nitrogens with zero attached hydrogens (tertiary/aromatic N) is 4. The van der Waals surface area contributed by atoms with Gasteiger partial charge in [0.05, 0.1) is 39.7 Å². The Kier molecular flexibility index (Phi) is 6.14. The maximum absolute atomic E-state index is 9.39. The van der Waals surface area contributed by atoms with E-state index < -0.39 is 0 Å². The summed E-state index contributed by atoms with van der Waals surface area (Å²) < 4.78 is 0. The smallest absolute Gasteiger partial charge is 0.116 e. The summed E-state index contributed by atoms with van der Waals surface area (Å²) in [6.45, 7) is 0. The third-order valence-corrected chi connectivity index (χ3v) is 8.05. The number of para-hydroxylation sites is 2. The molecule has 204 valence electrons. The summed E-state index contributed by atoms with van der Waals surface area (Å²) in [6, 6.07) is 51.7. The molecule has 0 spiro atoms. The maximum atomic E-state index is 9.39. The highest BCUT2D eigenvalue weighted by molar-refractivity contribution is 5.92. The largest absolute Gasteiger partial charge is 0.246 e. The molecule has 8 aromatic rings. The molecule has 2 aromatic heterocycles. The van der Waals surface area contributed by atoms with Crippen molar-refractivity contribution in [3.8, 4) is 51.1 Å². The second kappa shape index (κ2) is 10.6. The summed E-state index contributed by atoms with van der Waals surface area (Å²) in [6.07, 6.45) is 0. The Labute approximate surface area is 254 Å². The summed E-state index contributed by atoms with van der Waals surface area (Å²) in [5, 5.41) is 14.1. The molecule has 0 aliphatic heterocycles. The first-order valence-electron chi connectivity index (χ1n) is 14.5. The Balaban J connectivity index is 1.39. The molecule has 0 N–H and O–H groups in total. The molecule has 0 saturated heterocycles. The molecule has 0 aliphatic rings. The molecule has 0 unspecified atom stereocenters. The number of hydrogen-bond donors (Lipinski definition) is 0. The van der Waals surface area contributed by atoms with Crippen LogP contribution >= 0.6 is 0 Å². The van der Waals surface area contributed by atoms with E-state index in [0.29, 0.717) is 11.3 Å². The highest BCUT2D eigenvalue weighted by Gasteiger charge is 2.18. The van der Waals surface area contributed by atoms with E-state index in [4.69, 9.17) is 15.0 Å². The van der Waals surface area contributed by atoms with Gasteiger partial charge >= 0.3 is 0 Å². The molecule has 0 saturated carbocycles. The van der Waals surface area contributed by atoms with E-state index in [1.165, 1.54) is 16.2 Å². The van der Waals surface area contributed by atoms with E-state index in [2.05, 4.69) is 103 Å². The fourth-order valence-electron chi connectivity index (χ4n) is 5.77. The molecular formula is C40H24N4. The Bertz CT molecular complexity index is 2300. The molecule has 0 atom stereocenters. The van der Waals surface area contributed by atoms with Crippen molar-refractivity contribution < 1.29 is 0 Å². The molecule has 44 heavy (non-hydrogen) atoms. The van der Waals surface area contributed by atoms with Crippen molar-refractivity contribution in [3.05, 3.63) is 151 Å². The monoisotopic (exact) mass is 560 g/mol. The van der Waals surface area contributed by atoms with Gasteiger partial charge in [0.25, 0.3) is 0 Å². The van der Waals surface area contributed by atoms with E-state index in [1.807, 2.05) is 48.5 Å². The van der Waals surface area contributed by atoms with Gasteiger partial charge in [-0.15, -0.1) is 0 Å². The molecule has 0 amide bonds. The molecule has 0 bridgehead atoms. The minimum absolute atomic E-state index is 0.596. The zero-order valence-corrected chi connectivity index (χ0v) is 23.6. The summed E-state index contributed by atoms with van der Waals surface area (Å²) in [5.74, 6) is 0. The molecule has 2 heterocycles. The molecule has 4 heteroatoms. The molecular weight excluding hydrogens is 536 g/mol. The van der Waals surface area contributed by atoms with Gasteiger partial charge in [0.2, 0.25) is 0 Å². The van der Waals surface area contributed by atoms with Crippen molar-refractivity contribution >= 4 is 32.6 Å². The first-order chi connectivity index (χ1) is 21.7. The van der Waals surface area contributed by atoms with Crippen LogP contribution in [-0.2, 0) is 0 Å². The SMILES string of the molecule is N#Cc1ccc(-c2nc3ccccc3nc2-c2cc(-c3ccc4ccccc4c3)cc(-c3ccc4ccccc4c3)n2)cc1. The Hall–Kier alpha value is -6.18. The lowest BCUT2D eigenvalue weighted by molar-refractivity contribution is 1.24. The zero-order chi connectivity index (χ0) is 29.5. The third kappa shape index (κ3) is 4.63. The van der Waals surface area contributed by atoms with Crippen LogP contribution in [-0.4, -0.2) is 15.0 Å². The quantitative estimate of drug-likeness (QED) is 0.215. The predicted octanol–water partition coefficient (Wildman–Crippen LogP) is 9.87. The number of nitriles is 1. The lowest BCUT2D eigenvalue weighted by atomic mass is 9.97. The van der Waals surface area contributed by atoms with Crippen molar-refractivity contribution in [2.45, 2.75) is 0 Å². The molecule has 4 nitrogen and oxygen atoms in total. The molecule has 0 aliphatic carbocycles. The topological polar surface area (TPSA) is 62.5 Å². The predicted molar refractivity (Wildman–Crippen MR) is 179 cm³/mol. The number of rotatable bonds is 4. The van der Waals surface area contributed by atoms with Crippen LogP contribution in [0.5, 0.6) is 0 Å². The van der Waals surface area contributed by atoms with Crippen LogP contribution in [0.25, 0.3) is 77.6 Å². The minimum atomic E-state index is 0.596. The van der Waals surface area contributed by atoms with Crippen molar-refractivity contribution in [2.75, 3.05) is 0 Å². The van der Waals surface area contributed by atoms with Crippen LogP contribution in [0.15, 0.2) is 146 Å². The summed E-state index contributed by atoms with van der Waals surface area (Å²) in [4.78, 5) is 15.5. The van der Waals surface area contributed by atoms with Gasteiger partial charge in [-0.3, -0.25) is 0 Å². The van der Waals surface area contributed by atoms with Crippen LogP contribution in [0.4, 0.5) is 0 Å². The fourth-order valence-corrected chi connectivity index (χ4v) is 5.77. The van der Waals surface area contributed by atoms with Gasteiger partial charge in [-0.25, -0.2) is 15.0 Å². The van der Waals surface area contributed by atoms with Crippen molar-refractivity contribution in [1.29, 1.82) is 5.26 Å². The number of benzene rings is 6. The summed E-state index contributed by atoms with van der Waals surface area (Å²) >= 11 is 0. The van der Waals surface area contributed by atoms with Crippen LogP contribution in [0.1, 0.15) is 5.56 Å². The van der Waals surface area contributed by atoms with Crippen molar-refractivity contribution in [2.24, 2.45) is 0 Å². The lowest BCUT2D eigenvalue weighted by Crippen LogP contribution is -1.99. The number of pyridine rings is 1. The average Bonchev–Trinajstić information content (AvgIpc) is 3.10. The standard InChI is InChI=1S/C40H24N4/c41-25-26-13-15-29(16-14-26)39-40(44-36-12-6-5-11-35(36)43-39)38-24-34(32-19-17-27-7-1-3-9-30(27)21-32)23-37(42-38)33-20-18-28-8-2-4-10-31(28)22-33/h1-24H. The number of hydrogen-bond acceptors (Lipinski definition) is 4. The number of fused-ring (bicyclic) bond motifs is 3. The second-order valence-electron chi connectivity index (χ2n) is 10.8. The van der Waals surface area contributed by atoms with Crippen LogP contribution < -0.4 is 0 Å². The maximum Gasteiger partial charge on any atom is 0.116 e. The van der Waals surface area contributed by atoms with Crippen LogP contribution in [0, 0.1) is 11.3 Å². The Morgan fingerprint density at radius 2 is 0.909 bits per heavy atom. The van der Waals surface area contributed by atoms with E-state index in [9.17, 15) is 5.26 Å². The normalized spacial score (nSPS) is 11.2. The average molecular weight is 561 g/mol. The molecule has 8 rings (SSSR count). The third-order valence-electron chi connectivity index (χ3n) is 8.05. The van der Waals surface area contributed by atoms with Gasteiger partial charge in [-0.05, 0) is 81.2 Å². The highest BCUT2D eigenvalue weighted by atomic mass is 14.9. The minimum Gasteiger partial charge on any atom is -0.246 e. The number of aromatic nitrogens is 3. The van der Waals surface area contributed by atoms with Gasteiger partial charge in [0, 0.05) is 11.1 Å². The first kappa shape index (κ1) is 25.5. The first-order valence-corrected chi connectivity index (χ1v) is 14.5. The van der Waals surface area contributed by atoms with E-state index >= 15 is 0 Å². The fraction of sp³-hybridized carbons (Fsp3) is 0. The van der Waals surface area contributed by atoms with Crippen LogP contribution in [0.3, 0.4) is 0 Å².